The fourth-order valence-corrected chi connectivity index (χ4v) is 5.26. The Balaban J connectivity index is 1.52. The van der Waals surface area contributed by atoms with Crippen LogP contribution in [0.4, 0.5) is 5.95 Å². The van der Waals surface area contributed by atoms with Crippen LogP contribution in [0, 0.1) is 6.92 Å². The maximum atomic E-state index is 13.2. The van der Waals surface area contributed by atoms with Gasteiger partial charge in [-0.3, -0.25) is 29.8 Å². The Bertz CT molecular complexity index is 1530. The lowest BCUT2D eigenvalue weighted by atomic mass is 10.1. The third-order valence-electron chi connectivity index (χ3n) is 6.59. The number of thiazole rings is 1. The molecule has 1 unspecified atom stereocenters. The molecule has 0 aliphatic rings. The van der Waals surface area contributed by atoms with E-state index in [1.54, 1.807) is 39.1 Å². The highest BCUT2D eigenvalue weighted by Gasteiger charge is 2.22. The molecule has 0 bridgehead atoms. The summed E-state index contributed by atoms with van der Waals surface area (Å²) in [5, 5.41) is 24.1. The second-order valence-electron chi connectivity index (χ2n) is 9.62. The monoisotopic (exact) mass is 583 g/mol. The number of nitrogens with two attached hydrogens (primary N) is 1. The van der Waals surface area contributed by atoms with Crippen molar-refractivity contribution in [1.82, 2.24) is 34.5 Å². The minimum atomic E-state index is -0.870. The van der Waals surface area contributed by atoms with Gasteiger partial charge >= 0.3 is 0 Å². The van der Waals surface area contributed by atoms with Crippen molar-refractivity contribution in [3.63, 3.8) is 0 Å². The van der Waals surface area contributed by atoms with Gasteiger partial charge in [0.2, 0.25) is 11.9 Å². The maximum Gasteiger partial charge on any atom is 0.276 e. The number of anilines is 1. The number of amides is 2. The van der Waals surface area contributed by atoms with E-state index in [1.165, 1.54) is 7.11 Å². The van der Waals surface area contributed by atoms with Crippen molar-refractivity contribution in [2.45, 2.75) is 59.6 Å². The Kier molecular flexibility index (Phi) is 9.70. The number of benzene rings is 1. The van der Waals surface area contributed by atoms with E-state index < -0.39 is 12.3 Å². The molecule has 4 rings (SSSR count). The molecule has 0 aliphatic heterocycles. The molecule has 0 radical (unpaired) electrons. The molecule has 3 aromatic heterocycles. The second kappa shape index (κ2) is 13.2. The van der Waals surface area contributed by atoms with Crippen molar-refractivity contribution in [3.8, 4) is 5.75 Å². The van der Waals surface area contributed by atoms with Gasteiger partial charge in [0.1, 0.15) is 17.0 Å². The lowest BCUT2D eigenvalue weighted by Gasteiger charge is -2.23. The zero-order valence-corrected chi connectivity index (χ0v) is 24.8. The summed E-state index contributed by atoms with van der Waals surface area (Å²) in [4.78, 5) is 36.1. The van der Waals surface area contributed by atoms with Gasteiger partial charge in [-0.2, -0.15) is 5.10 Å². The number of aryl methyl sites for hydroxylation is 4. The maximum absolute atomic E-state index is 13.2. The Morgan fingerprint density at radius 3 is 2.68 bits per heavy atom. The van der Waals surface area contributed by atoms with E-state index >= 15 is 0 Å². The Labute approximate surface area is 242 Å². The van der Waals surface area contributed by atoms with Crippen molar-refractivity contribution >= 4 is 40.1 Å². The van der Waals surface area contributed by atoms with Crippen LogP contribution in [0.5, 0.6) is 5.75 Å². The van der Waals surface area contributed by atoms with Gasteiger partial charge in [-0.05, 0) is 51.9 Å². The Morgan fingerprint density at radius 1 is 1.24 bits per heavy atom. The van der Waals surface area contributed by atoms with Crippen molar-refractivity contribution in [1.29, 1.82) is 0 Å². The molecule has 5 N–H and O–H groups in total. The Morgan fingerprint density at radius 2 is 2.02 bits per heavy atom. The van der Waals surface area contributed by atoms with E-state index in [4.69, 9.17) is 10.5 Å². The van der Waals surface area contributed by atoms with E-state index in [0.717, 1.165) is 22.8 Å². The number of primary amides is 1. The molecule has 13 nitrogen and oxygen atoms in total. The molecule has 4 aromatic rings. The summed E-state index contributed by atoms with van der Waals surface area (Å²) in [5.41, 5.74) is 8.90. The zero-order valence-electron chi connectivity index (χ0n) is 24.0. The lowest BCUT2D eigenvalue weighted by molar-refractivity contribution is -0.0110. The zero-order chi connectivity index (χ0) is 29.7. The average molecular weight is 584 g/mol. The summed E-state index contributed by atoms with van der Waals surface area (Å²) < 4.78 is 9.04. The molecular formula is C27H37N9O4S. The van der Waals surface area contributed by atoms with E-state index in [2.05, 4.69) is 32.6 Å². The van der Waals surface area contributed by atoms with Gasteiger partial charge in [-0.15, -0.1) is 11.3 Å². The number of hydrogen-bond acceptors (Lipinski definition) is 10. The first-order valence-corrected chi connectivity index (χ1v) is 14.3. The van der Waals surface area contributed by atoms with Gasteiger partial charge in [-0.1, -0.05) is 6.92 Å². The molecule has 14 heteroatoms. The third-order valence-corrected chi connectivity index (χ3v) is 7.63. The topological polar surface area (TPSA) is 165 Å². The number of ether oxygens (including phenoxy) is 1. The third kappa shape index (κ3) is 6.90. The number of nitrogens with one attached hydrogen (secondary N) is 2. The molecule has 1 aromatic carbocycles. The van der Waals surface area contributed by atoms with Gasteiger partial charge in [0, 0.05) is 37.1 Å². The first-order chi connectivity index (χ1) is 19.6. The standard InChI is InChI=1S/C27H37N9O4S/c1-6-22-30-18(15-41-22)14-34(4)27(39)29-9-8-10-35-23-19(12-17(24(28)37)13-21(23)40-5)31-26(35)32-25(38)20-11-16(3)33-36(20)7-2/h11-13,15,27,29,39H,6-10,14H2,1-5H3,(H2,28,37)(H,31,32,38). The van der Waals surface area contributed by atoms with Crippen molar-refractivity contribution in [2.75, 3.05) is 26.0 Å². The summed E-state index contributed by atoms with van der Waals surface area (Å²) >= 11 is 1.62. The average Bonchev–Trinajstić information content (AvgIpc) is 3.66. The van der Waals surface area contributed by atoms with Crippen molar-refractivity contribution in [3.05, 3.63) is 51.2 Å². The van der Waals surface area contributed by atoms with Crippen LogP contribution in [0.2, 0.25) is 0 Å². The van der Waals surface area contributed by atoms with Crippen LogP contribution < -0.4 is 21.1 Å². The van der Waals surface area contributed by atoms with Crippen LogP contribution in [0.15, 0.2) is 23.6 Å². The lowest BCUT2D eigenvalue weighted by Crippen LogP contribution is -2.43. The number of rotatable bonds is 14. The highest BCUT2D eigenvalue weighted by atomic mass is 32.1. The number of carbonyl (C=O) groups excluding carboxylic acids is 2. The molecule has 41 heavy (non-hydrogen) atoms. The first-order valence-electron chi connectivity index (χ1n) is 13.4. The van der Waals surface area contributed by atoms with Crippen LogP contribution in [0.3, 0.4) is 0 Å². The molecule has 1 atom stereocenters. The smallest absolute Gasteiger partial charge is 0.276 e. The molecule has 0 spiro atoms. The van der Waals surface area contributed by atoms with Crippen molar-refractivity contribution in [2.24, 2.45) is 5.73 Å². The van der Waals surface area contributed by atoms with Crippen LogP contribution in [0.1, 0.15) is 57.5 Å². The summed E-state index contributed by atoms with van der Waals surface area (Å²) in [6.45, 7) is 7.75. The van der Waals surface area contributed by atoms with Crippen LogP contribution in [0.25, 0.3) is 11.0 Å². The summed E-state index contributed by atoms with van der Waals surface area (Å²) in [6, 6.07) is 4.85. The van der Waals surface area contributed by atoms with E-state index in [1.807, 2.05) is 30.8 Å². The number of carbonyl (C=O) groups is 2. The molecule has 0 fully saturated rings. The van der Waals surface area contributed by atoms with E-state index in [-0.39, 0.29) is 11.5 Å². The number of nitrogens with zero attached hydrogens (tertiary/aromatic N) is 6. The quantitative estimate of drug-likeness (QED) is 0.129. The second-order valence-corrected chi connectivity index (χ2v) is 10.6. The highest BCUT2D eigenvalue weighted by Crippen LogP contribution is 2.31. The summed E-state index contributed by atoms with van der Waals surface area (Å²) in [7, 11) is 3.32. The molecule has 0 saturated heterocycles. The molecule has 0 aliphatic carbocycles. The van der Waals surface area contributed by atoms with Gasteiger partial charge in [0.15, 0.2) is 6.35 Å². The number of aromatic nitrogens is 5. The molecule has 220 valence electrons. The van der Waals surface area contributed by atoms with Crippen LogP contribution >= 0.6 is 11.3 Å². The Hall–Kier alpha value is -3.85. The number of hydrogen-bond donors (Lipinski definition) is 4. The summed E-state index contributed by atoms with van der Waals surface area (Å²) in [6.07, 6.45) is 0.602. The molecule has 3 heterocycles. The van der Waals surface area contributed by atoms with Crippen LogP contribution in [-0.4, -0.2) is 73.2 Å². The number of imidazole rings is 1. The normalized spacial score (nSPS) is 12.3. The minimum absolute atomic E-state index is 0.246. The largest absolute Gasteiger partial charge is 0.494 e. The van der Waals surface area contributed by atoms with Crippen molar-refractivity contribution < 1.29 is 19.4 Å². The number of methoxy groups -OCH3 is 1. The number of aliphatic hydroxyl groups is 1. The highest BCUT2D eigenvalue weighted by molar-refractivity contribution is 7.09. The molecular weight excluding hydrogens is 546 g/mol. The van der Waals surface area contributed by atoms with E-state index in [0.29, 0.717) is 61.0 Å². The SMILES string of the molecule is CCc1nc(CN(C)C(O)NCCCn2c(NC(=O)c3cc(C)nn3CC)nc3cc(C(N)=O)cc(OC)c32)cs1. The van der Waals surface area contributed by atoms with Gasteiger partial charge < -0.3 is 20.1 Å². The predicted octanol–water partition coefficient (Wildman–Crippen LogP) is 2.33. The van der Waals surface area contributed by atoms with E-state index in [9.17, 15) is 14.7 Å². The fourth-order valence-electron chi connectivity index (χ4n) is 4.53. The summed E-state index contributed by atoms with van der Waals surface area (Å²) in [5.74, 6) is -0.277. The van der Waals surface area contributed by atoms with Crippen LogP contribution in [-0.2, 0) is 26.1 Å². The van der Waals surface area contributed by atoms with Gasteiger partial charge in [0.05, 0.1) is 29.0 Å². The molecule has 0 saturated carbocycles. The predicted molar refractivity (Wildman–Crippen MR) is 157 cm³/mol. The van der Waals surface area contributed by atoms with Gasteiger partial charge in [-0.25, -0.2) is 9.97 Å². The number of aliphatic hydroxyl groups excluding tert-OH is 1. The molecule has 2 amide bonds. The van der Waals surface area contributed by atoms with Gasteiger partial charge in [0.25, 0.3) is 5.91 Å². The number of fused-ring (bicyclic) bond motifs is 1. The fraction of sp³-hybridized carbons (Fsp3) is 0.444. The first kappa shape index (κ1) is 30.1. The minimum Gasteiger partial charge on any atom is -0.494 e.